The predicted octanol–water partition coefficient (Wildman–Crippen LogP) is 6.09. The molecule has 1 aliphatic rings. The normalized spacial score (nSPS) is 15.6. The molecule has 1 fully saturated rings. The molecule has 0 radical (unpaired) electrons. The van der Waals surface area contributed by atoms with Crippen LogP contribution in [-0.4, -0.2) is 25.4 Å². The minimum absolute atomic E-state index is 0.114. The standard InChI is InChI=1S/C24H27N3O2S2/c1-16(23-26-11-12-30-23)18-13-17(27-31-21-8-5-4-7-20(21)29-3)14-19(22(18)25-2)24(15-28)9-6-10-24/h4-5,7-8,11-16,25,27H,6,9-10H2,1-3H3. The number of aromatic nitrogens is 1. The number of thiazole rings is 1. The molecule has 0 aliphatic heterocycles. The summed E-state index contributed by atoms with van der Waals surface area (Å²) in [6.07, 6.45) is 5.84. The lowest BCUT2D eigenvalue weighted by Crippen LogP contribution is -2.36. The van der Waals surface area contributed by atoms with Crippen molar-refractivity contribution >= 4 is 40.9 Å². The van der Waals surface area contributed by atoms with E-state index in [4.69, 9.17) is 4.74 Å². The summed E-state index contributed by atoms with van der Waals surface area (Å²) < 4.78 is 8.97. The highest BCUT2D eigenvalue weighted by Crippen LogP contribution is 2.48. The summed E-state index contributed by atoms with van der Waals surface area (Å²) in [7, 11) is 3.61. The molecule has 1 aromatic heterocycles. The first-order valence-corrected chi connectivity index (χ1v) is 12.1. The molecule has 31 heavy (non-hydrogen) atoms. The molecule has 1 saturated carbocycles. The zero-order valence-corrected chi connectivity index (χ0v) is 19.6. The molecule has 162 valence electrons. The van der Waals surface area contributed by atoms with Gasteiger partial charge in [-0.25, -0.2) is 4.98 Å². The number of ether oxygens (including phenoxy) is 1. The Balaban J connectivity index is 1.76. The highest BCUT2D eigenvalue weighted by molar-refractivity contribution is 8.00. The predicted molar refractivity (Wildman–Crippen MR) is 130 cm³/mol. The van der Waals surface area contributed by atoms with Crippen molar-refractivity contribution in [3.8, 4) is 5.75 Å². The number of methoxy groups -OCH3 is 1. The van der Waals surface area contributed by atoms with E-state index in [2.05, 4.69) is 34.1 Å². The molecule has 5 nitrogen and oxygen atoms in total. The summed E-state index contributed by atoms with van der Waals surface area (Å²) >= 11 is 3.17. The molecule has 0 bridgehead atoms. The Labute approximate surface area is 191 Å². The van der Waals surface area contributed by atoms with Crippen molar-refractivity contribution in [2.75, 3.05) is 24.2 Å². The first-order valence-electron chi connectivity index (χ1n) is 10.4. The average Bonchev–Trinajstić information content (AvgIpc) is 3.31. The van der Waals surface area contributed by atoms with Crippen LogP contribution >= 0.6 is 23.3 Å². The van der Waals surface area contributed by atoms with Gasteiger partial charge in [0.05, 0.1) is 22.4 Å². The van der Waals surface area contributed by atoms with Gasteiger partial charge in [0, 0.05) is 35.9 Å². The number of carbonyl (C=O) groups excluding carboxylic acids is 1. The number of nitrogens with one attached hydrogen (secondary N) is 2. The lowest BCUT2D eigenvalue weighted by molar-refractivity contribution is -0.115. The Morgan fingerprint density at radius 2 is 2.10 bits per heavy atom. The van der Waals surface area contributed by atoms with Crippen molar-refractivity contribution in [1.29, 1.82) is 0 Å². The minimum atomic E-state index is -0.414. The summed E-state index contributed by atoms with van der Waals surface area (Å²) in [6, 6.07) is 12.2. The Hall–Kier alpha value is -2.51. The van der Waals surface area contributed by atoms with Gasteiger partial charge < -0.3 is 19.6 Å². The highest BCUT2D eigenvalue weighted by Gasteiger charge is 2.41. The third kappa shape index (κ3) is 4.16. The fourth-order valence-corrected chi connectivity index (χ4v) is 5.60. The lowest BCUT2D eigenvalue weighted by atomic mass is 9.64. The number of anilines is 2. The van der Waals surface area contributed by atoms with Crippen molar-refractivity contribution in [2.45, 2.75) is 42.4 Å². The molecule has 4 rings (SSSR count). The van der Waals surface area contributed by atoms with E-state index in [1.165, 1.54) is 11.9 Å². The Kier molecular flexibility index (Phi) is 6.53. The van der Waals surface area contributed by atoms with E-state index in [1.807, 2.05) is 42.9 Å². The van der Waals surface area contributed by atoms with Gasteiger partial charge in [-0.1, -0.05) is 25.5 Å². The molecule has 1 aliphatic carbocycles. The first-order chi connectivity index (χ1) is 15.1. The molecule has 2 N–H and O–H groups in total. The van der Waals surface area contributed by atoms with E-state index < -0.39 is 5.41 Å². The van der Waals surface area contributed by atoms with E-state index in [0.29, 0.717) is 0 Å². The van der Waals surface area contributed by atoms with Crippen LogP contribution in [0.3, 0.4) is 0 Å². The summed E-state index contributed by atoms with van der Waals surface area (Å²) in [4.78, 5) is 17.7. The van der Waals surface area contributed by atoms with E-state index in [9.17, 15) is 4.79 Å². The molecule has 3 aromatic rings. The largest absolute Gasteiger partial charge is 0.496 e. The van der Waals surface area contributed by atoms with Crippen molar-refractivity contribution in [3.05, 3.63) is 64.1 Å². The SMILES string of the molecule is CNc1c(C(C)c2nccs2)cc(NSc2ccccc2OC)cc1C1(C=O)CCC1. The molecule has 0 amide bonds. The van der Waals surface area contributed by atoms with E-state index in [-0.39, 0.29) is 5.92 Å². The van der Waals surface area contributed by atoms with Crippen LogP contribution in [0.5, 0.6) is 5.75 Å². The number of para-hydroxylation sites is 1. The van der Waals surface area contributed by atoms with Crippen LogP contribution in [0.1, 0.15) is 48.2 Å². The third-order valence-corrected chi connectivity index (χ3v) is 7.92. The Morgan fingerprint density at radius 3 is 2.71 bits per heavy atom. The zero-order chi connectivity index (χ0) is 21.8. The second kappa shape index (κ2) is 9.32. The molecular formula is C24H27N3O2S2. The van der Waals surface area contributed by atoms with Crippen molar-refractivity contribution in [1.82, 2.24) is 4.98 Å². The van der Waals surface area contributed by atoms with E-state index >= 15 is 0 Å². The Morgan fingerprint density at radius 1 is 1.29 bits per heavy atom. The second-order valence-corrected chi connectivity index (χ2v) is 9.59. The van der Waals surface area contributed by atoms with Crippen LogP contribution in [0.2, 0.25) is 0 Å². The van der Waals surface area contributed by atoms with E-state index in [0.717, 1.165) is 63.7 Å². The third-order valence-electron chi connectivity index (χ3n) is 6.06. The van der Waals surface area contributed by atoms with Gasteiger partial charge in [0.2, 0.25) is 0 Å². The summed E-state index contributed by atoms with van der Waals surface area (Å²) in [6.45, 7) is 2.17. The maximum absolute atomic E-state index is 12.2. The minimum Gasteiger partial charge on any atom is -0.496 e. The second-order valence-electron chi connectivity index (χ2n) is 7.81. The summed E-state index contributed by atoms with van der Waals surface area (Å²) in [5, 5.41) is 6.46. The average molecular weight is 454 g/mol. The van der Waals surface area contributed by atoms with Crippen molar-refractivity contribution in [2.24, 2.45) is 0 Å². The van der Waals surface area contributed by atoms with Crippen LogP contribution in [0.25, 0.3) is 0 Å². The fraction of sp³-hybridized carbons (Fsp3) is 0.333. The van der Waals surface area contributed by atoms with Gasteiger partial charge in [0.15, 0.2) is 0 Å². The monoisotopic (exact) mass is 453 g/mol. The topological polar surface area (TPSA) is 63.3 Å². The number of benzene rings is 2. The van der Waals surface area contributed by atoms with Gasteiger partial charge in [-0.05, 0) is 60.2 Å². The fourth-order valence-electron chi connectivity index (χ4n) is 4.14. The molecular weight excluding hydrogens is 426 g/mol. The smallest absolute Gasteiger partial charge is 0.134 e. The number of rotatable bonds is 9. The van der Waals surface area contributed by atoms with Crippen LogP contribution in [0, 0.1) is 0 Å². The van der Waals surface area contributed by atoms with Crippen LogP contribution in [0.4, 0.5) is 11.4 Å². The van der Waals surface area contributed by atoms with Crippen LogP contribution in [-0.2, 0) is 10.2 Å². The Bertz CT molecular complexity index is 1050. The molecule has 2 aromatic carbocycles. The summed E-state index contributed by atoms with van der Waals surface area (Å²) in [5.74, 6) is 0.940. The molecule has 1 unspecified atom stereocenters. The number of hydrogen-bond donors (Lipinski definition) is 2. The maximum Gasteiger partial charge on any atom is 0.134 e. The van der Waals surface area contributed by atoms with Gasteiger partial charge in [-0.15, -0.1) is 11.3 Å². The van der Waals surface area contributed by atoms with Gasteiger partial charge >= 0.3 is 0 Å². The number of hydrogen-bond acceptors (Lipinski definition) is 7. The molecule has 7 heteroatoms. The molecule has 1 atom stereocenters. The van der Waals surface area contributed by atoms with E-state index in [1.54, 1.807) is 18.4 Å². The molecule has 0 saturated heterocycles. The maximum atomic E-state index is 12.2. The first kappa shape index (κ1) is 21.7. The van der Waals surface area contributed by atoms with Gasteiger partial charge in [-0.2, -0.15) is 0 Å². The number of carbonyl (C=O) groups is 1. The molecule has 0 spiro atoms. The summed E-state index contributed by atoms with van der Waals surface area (Å²) in [5.41, 5.74) is 3.81. The van der Waals surface area contributed by atoms with Crippen LogP contribution < -0.4 is 14.8 Å². The van der Waals surface area contributed by atoms with Gasteiger partial charge in [-0.3, -0.25) is 0 Å². The zero-order valence-electron chi connectivity index (χ0n) is 18.0. The van der Waals surface area contributed by atoms with Crippen molar-refractivity contribution < 1.29 is 9.53 Å². The quantitative estimate of drug-likeness (QED) is 0.302. The lowest BCUT2D eigenvalue weighted by Gasteiger charge is -2.39. The number of aldehydes is 1. The highest BCUT2D eigenvalue weighted by atomic mass is 32.2. The van der Waals surface area contributed by atoms with Gasteiger partial charge in [0.1, 0.15) is 12.0 Å². The van der Waals surface area contributed by atoms with Crippen molar-refractivity contribution in [3.63, 3.8) is 0 Å². The van der Waals surface area contributed by atoms with Gasteiger partial charge in [0.25, 0.3) is 0 Å². The molecule has 1 heterocycles. The van der Waals surface area contributed by atoms with Crippen LogP contribution in [0.15, 0.2) is 52.9 Å². The number of nitrogens with zero attached hydrogens (tertiary/aromatic N) is 1.